The van der Waals surface area contributed by atoms with Crippen molar-refractivity contribution in [1.29, 1.82) is 0 Å². The van der Waals surface area contributed by atoms with Crippen molar-refractivity contribution in [2.24, 2.45) is 0 Å². The highest BCUT2D eigenvalue weighted by Gasteiger charge is 2.10. The largest absolute Gasteiger partial charge is 0.476 e. The number of nitrogens with one attached hydrogen (secondary N) is 1. The Kier molecular flexibility index (Phi) is 4.86. The van der Waals surface area contributed by atoms with Gasteiger partial charge in [-0.15, -0.1) is 5.10 Å². The van der Waals surface area contributed by atoms with Gasteiger partial charge in [0.25, 0.3) is 0 Å². The van der Waals surface area contributed by atoms with Crippen molar-refractivity contribution < 1.29 is 14.7 Å². The second kappa shape index (κ2) is 6.83. The van der Waals surface area contributed by atoms with E-state index in [4.69, 9.17) is 5.11 Å². The standard InChI is InChI=1S/C13H18N4O3/c18-12(8-10-4-2-1-3-5-10)14-6-7-17-9-11(13(19)20)15-16-17/h4,9H,1-3,5-8H2,(H,14,18)(H,19,20). The lowest BCUT2D eigenvalue weighted by Gasteiger charge is -2.12. The van der Waals surface area contributed by atoms with E-state index in [0.717, 1.165) is 19.3 Å². The predicted molar refractivity (Wildman–Crippen MR) is 71.2 cm³/mol. The van der Waals surface area contributed by atoms with Gasteiger partial charge < -0.3 is 10.4 Å². The molecule has 7 nitrogen and oxygen atoms in total. The van der Waals surface area contributed by atoms with Gasteiger partial charge in [0, 0.05) is 13.0 Å². The Morgan fingerprint density at radius 3 is 2.90 bits per heavy atom. The van der Waals surface area contributed by atoms with E-state index < -0.39 is 5.97 Å². The van der Waals surface area contributed by atoms with Crippen LogP contribution in [-0.2, 0) is 11.3 Å². The van der Waals surface area contributed by atoms with Crippen LogP contribution >= 0.6 is 0 Å². The molecule has 1 amide bonds. The maximum atomic E-state index is 11.7. The quantitative estimate of drug-likeness (QED) is 0.756. The lowest BCUT2D eigenvalue weighted by atomic mass is 9.97. The summed E-state index contributed by atoms with van der Waals surface area (Å²) in [4.78, 5) is 22.3. The summed E-state index contributed by atoms with van der Waals surface area (Å²) in [5.41, 5.74) is 1.12. The van der Waals surface area contributed by atoms with Gasteiger partial charge in [0.15, 0.2) is 5.69 Å². The number of hydrogen-bond acceptors (Lipinski definition) is 4. The minimum Gasteiger partial charge on any atom is -0.476 e. The second-order valence-electron chi connectivity index (χ2n) is 4.81. The summed E-state index contributed by atoms with van der Waals surface area (Å²) in [6, 6.07) is 0. The molecule has 1 aliphatic rings. The van der Waals surface area contributed by atoms with Crippen LogP contribution in [0.3, 0.4) is 0 Å². The zero-order valence-corrected chi connectivity index (χ0v) is 11.2. The van der Waals surface area contributed by atoms with Gasteiger partial charge in [-0.3, -0.25) is 4.79 Å². The van der Waals surface area contributed by atoms with Crippen molar-refractivity contribution in [1.82, 2.24) is 20.3 Å². The molecule has 0 fully saturated rings. The molecule has 108 valence electrons. The third-order valence-electron chi connectivity index (χ3n) is 3.19. The fraction of sp³-hybridized carbons (Fsp3) is 0.538. The fourth-order valence-corrected chi connectivity index (χ4v) is 2.15. The van der Waals surface area contributed by atoms with Gasteiger partial charge in [-0.05, 0) is 25.7 Å². The molecule has 0 aromatic carbocycles. The fourth-order valence-electron chi connectivity index (χ4n) is 2.15. The van der Waals surface area contributed by atoms with E-state index in [-0.39, 0.29) is 11.6 Å². The molecule has 1 aliphatic carbocycles. The van der Waals surface area contributed by atoms with E-state index in [1.54, 1.807) is 0 Å². The van der Waals surface area contributed by atoms with E-state index in [1.807, 2.05) is 0 Å². The number of carboxylic acid groups (broad SMARTS) is 1. The summed E-state index contributed by atoms with van der Waals surface area (Å²) in [7, 11) is 0. The summed E-state index contributed by atoms with van der Waals surface area (Å²) in [5.74, 6) is -1.11. The van der Waals surface area contributed by atoms with Crippen molar-refractivity contribution in [3.8, 4) is 0 Å². The van der Waals surface area contributed by atoms with E-state index in [2.05, 4.69) is 21.7 Å². The predicted octanol–water partition coefficient (Wildman–Crippen LogP) is 0.983. The van der Waals surface area contributed by atoms with E-state index in [0.29, 0.717) is 19.5 Å². The number of hydrogen-bond donors (Lipinski definition) is 2. The molecule has 0 saturated heterocycles. The van der Waals surface area contributed by atoms with Crippen LogP contribution in [0.4, 0.5) is 0 Å². The first-order valence-corrected chi connectivity index (χ1v) is 6.73. The Balaban J connectivity index is 1.70. The summed E-state index contributed by atoms with van der Waals surface area (Å²) < 4.78 is 1.41. The molecule has 0 radical (unpaired) electrons. The van der Waals surface area contributed by atoms with Gasteiger partial charge in [0.2, 0.25) is 5.91 Å². The summed E-state index contributed by atoms with van der Waals surface area (Å²) in [6.45, 7) is 0.819. The van der Waals surface area contributed by atoms with Crippen LogP contribution in [0.1, 0.15) is 42.6 Å². The van der Waals surface area contributed by atoms with Gasteiger partial charge in [-0.25, -0.2) is 9.48 Å². The molecule has 1 aromatic rings. The van der Waals surface area contributed by atoms with Gasteiger partial charge in [-0.1, -0.05) is 16.9 Å². The molecule has 0 aliphatic heterocycles. The molecule has 2 N–H and O–H groups in total. The van der Waals surface area contributed by atoms with Crippen LogP contribution in [0.2, 0.25) is 0 Å². The lowest BCUT2D eigenvalue weighted by molar-refractivity contribution is -0.120. The normalized spacial score (nSPS) is 14.7. The van der Waals surface area contributed by atoms with Crippen LogP contribution in [0.15, 0.2) is 17.8 Å². The summed E-state index contributed by atoms with van der Waals surface area (Å²) in [5, 5.41) is 18.7. The number of allylic oxidation sites excluding steroid dienone is 1. The summed E-state index contributed by atoms with van der Waals surface area (Å²) >= 11 is 0. The van der Waals surface area contributed by atoms with E-state index >= 15 is 0 Å². The Bertz CT molecular complexity index is 521. The third-order valence-corrected chi connectivity index (χ3v) is 3.19. The molecular formula is C13H18N4O3. The first kappa shape index (κ1) is 14.2. The van der Waals surface area contributed by atoms with Gasteiger partial charge in [0.05, 0.1) is 12.7 Å². The number of carboxylic acids is 1. The Morgan fingerprint density at radius 2 is 2.25 bits per heavy atom. The minimum absolute atomic E-state index is 0.00303. The molecule has 0 spiro atoms. The second-order valence-corrected chi connectivity index (χ2v) is 4.81. The number of carbonyl (C=O) groups is 2. The average molecular weight is 278 g/mol. The van der Waals surface area contributed by atoms with Crippen LogP contribution in [0.5, 0.6) is 0 Å². The number of rotatable bonds is 6. The first-order chi connectivity index (χ1) is 9.65. The topological polar surface area (TPSA) is 97.1 Å². The molecule has 1 aromatic heterocycles. The third kappa shape index (κ3) is 4.18. The van der Waals surface area contributed by atoms with Gasteiger partial charge >= 0.3 is 5.97 Å². The highest BCUT2D eigenvalue weighted by molar-refractivity contribution is 5.84. The Morgan fingerprint density at radius 1 is 1.40 bits per heavy atom. The number of carbonyl (C=O) groups excluding carboxylic acids is 1. The maximum Gasteiger partial charge on any atom is 0.358 e. The van der Waals surface area contributed by atoms with Crippen LogP contribution in [0, 0.1) is 0 Å². The van der Waals surface area contributed by atoms with Crippen molar-refractivity contribution in [2.75, 3.05) is 6.54 Å². The lowest BCUT2D eigenvalue weighted by Crippen LogP contribution is -2.27. The Labute approximate surface area is 116 Å². The zero-order chi connectivity index (χ0) is 14.4. The Hall–Kier alpha value is -2.18. The molecule has 1 heterocycles. The van der Waals surface area contributed by atoms with Crippen molar-refractivity contribution in [3.63, 3.8) is 0 Å². The van der Waals surface area contributed by atoms with Gasteiger partial charge in [-0.2, -0.15) is 0 Å². The molecule has 0 saturated carbocycles. The SMILES string of the molecule is O=C(CC1=CCCCC1)NCCn1cc(C(=O)O)nn1. The minimum atomic E-state index is -1.11. The van der Waals surface area contributed by atoms with Crippen LogP contribution in [0.25, 0.3) is 0 Å². The van der Waals surface area contributed by atoms with Crippen LogP contribution < -0.4 is 5.32 Å². The van der Waals surface area contributed by atoms with Crippen molar-refractivity contribution in [2.45, 2.75) is 38.6 Å². The monoisotopic (exact) mass is 278 g/mol. The highest BCUT2D eigenvalue weighted by atomic mass is 16.4. The molecule has 7 heteroatoms. The molecule has 20 heavy (non-hydrogen) atoms. The van der Waals surface area contributed by atoms with Crippen molar-refractivity contribution in [3.05, 3.63) is 23.5 Å². The average Bonchev–Trinajstić information content (AvgIpc) is 2.89. The summed E-state index contributed by atoms with van der Waals surface area (Å²) in [6.07, 6.45) is 8.41. The highest BCUT2D eigenvalue weighted by Crippen LogP contribution is 2.19. The first-order valence-electron chi connectivity index (χ1n) is 6.73. The van der Waals surface area contributed by atoms with E-state index in [1.165, 1.54) is 22.9 Å². The number of aromatic nitrogens is 3. The molecule has 0 bridgehead atoms. The maximum absolute atomic E-state index is 11.7. The number of nitrogens with zero attached hydrogens (tertiary/aromatic N) is 3. The molecule has 2 rings (SSSR count). The smallest absolute Gasteiger partial charge is 0.358 e. The van der Waals surface area contributed by atoms with E-state index in [9.17, 15) is 9.59 Å². The molecule has 0 unspecified atom stereocenters. The van der Waals surface area contributed by atoms with Crippen LogP contribution in [-0.4, -0.2) is 38.5 Å². The van der Waals surface area contributed by atoms with Crippen molar-refractivity contribution >= 4 is 11.9 Å². The van der Waals surface area contributed by atoms with Gasteiger partial charge in [0.1, 0.15) is 0 Å². The number of amides is 1. The molecule has 0 atom stereocenters. The molecular weight excluding hydrogens is 260 g/mol. The zero-order valence-electron chi connectivity index (χ0n) is 11.2. The number of aromatic carboxylic acids is 1.